The number of anilines is 1. The molecular weight excluding hydrogens is 448 g/mol. The number of nitrogens with one attached hydrogen (secondary N) is 2. The van der Waals surface area contributed by atoms with Crippen LogP contribution in [0.4, 0.5) is 5.69 Å². The summed E-state index contributed by atoms with van der Waals surface area (Å²) in [5.41, 5.74) is 7.49. The average molecular weight is 483 g/mol. The number of aryl methyl sites for hydroxylation is 1. The van der Waals surface area contributed by atoms with E-state index in [4.69, 9.17) is 0 Å². The summed E-state index contributed by atoms with van der Waals surface area (Å²) >= 11 is 1.87. The third kappa shape index (κ3) is 4.38. The van der Waals surface area contributed by atoms with Crippen LogP contribution in [-0.2, 0) is 5.75 Å². The lowest BCUT2D eigenvalue weighted by atomic mass is 9.68. The van der Waals surface area contributed by atoms with Crippen LogP contribution in [0.5, 0.6) is 0 Å². The van der Waals surface area contributed by atoms with E-state index in [2.05, 4.69) is 84.3 Å². The highest BCUT2D eigenvalue weighted by Crippen LogP contribution is 2.63. The Morgan fingerprint density at radius 3 is 2.66 bits per heavy atom. The van der Waals surface area contributed by atoms with E-state index in [0.29, 0.717) is 24.4 Å². The number of thioether (sulfide) groups is 1. The fourth-order valence-corrected chi connectivity index (χ4v) is 7.85. The van der Waals surface area contributed by atoms with Gasteiger partial charge in [-0.2, -0.15) is 11.8 Å². The fraction of sp³-hybridized carbons (Fsp3) is 0.387. The zero-order valence-corrected chi connectivity index (χ0v) is 21.2. The van der Waals surface area contributed by atoms with Crippen LogP contribution in [0.1, 0.15) is 63.8 Å². The molecule has 4 heteroatoms. The van der Waals surface area contributed by atoms with Crippen molar-refractivity contribution in [3.63, 3.8) is 0 Å². The molecule has 0 saturated heterocycles. The van der Waals surface area contributed by atoms with Gasteiger partial charge in [0, 0.05) is 29.3 Å². The zero-order valence-electron chi connectivity index (χ0n) is 20.4. The zero-order chi connectivity index (χ0) is 23.8. The normalized spacial score (nSPS) is 26.0. The number of fused-ring (bicyclic) bond motifs is 7. The summed E-state index contributed by atoms with van der Waals surface area (Å²) in [5.74, 6) is 4.69. The highest BCUT2D eigenvalue weighted by atomic mass is 32.2. The average Bonchev–Trinajstić information content (AvgIpc) is 3.52. The molecule has 2 fully saturated rings. The van der Waals surface area contributed by atoms with Crippen molar-refractivity contribution < 1.29 is 4.79 Å². The van der Waals surface area contributed by atoms with Gasteiger partial charge >= 0.3 is 0 Å². The monoisotopic (exact) mass is 482 g/mol. The minimum Gasteiger partial charge on any atom is -0.378 e. The van der Waals surface area contributed by atoms with Crippen LogP contribution in [0.25, 0.3) is 0 Å². The van der Waals surface area contributed by atoms with Crippen molar-refractivity contribution in [1.29, 1.82) is 0 Å². The second kappa shape index (κ2) is 9.73. The van der Waals surface area contributed by atoms with E-state index in [1.54, 1.807) is 0 Å². The van der Waals surface area contributed by atoms with E-state index < -0.39 is 0 Å². The number of hydrogen-bond donors (Lipinski definition) is 2. The van der Waals surface area contributed by atoms with Crippen LogP contribution in [0.3, 0.4) is 0 Å². The van der Waals surface area contributed by atoms with Gasteiger partial charge in [-0.15, -0.1) is 0 Å². The predicted octanol–water partition coefficient (Wildman–Crippen LogP) is 6.95. The van der Waals surface area contributed by atoms with Gasteiger partial charge < -0.3 is 10.6 Å². The van der Waals surface area contributed by atoms with E-state index in [1.807, 2.05) is 17.8 Å². The molecule has 180 valence electrons. The quantitative estimate of drug-likeness (QED) is 0.358. The van der Waals surface area contributed by atoms with E-state index in [0.717, 1.165) is 28.9 Å². The maximum Gasteiger partial charge on any atom is 0.251 e. The Hall–Kier alpha value is -2.72. The maximum atomic E-state index is 13.0. The predicted molar refractivity (Wildman–Crippen MR) is 146 cm³/mol. The summed E-state index contributed by atoms with van der Waals surface area (Å²) < 4.78 is 0. The summed E-state index contributed by atoms with van der Waals surface area (Å²) in [6, 6.07) is 26.2. The van der Waals surface area contributed by atoms with E-state index in [1.165, 1.54) is 47.2 Å². The summed E-state index contributed by atoms with van der Waals surface area (Å²) in [4.78, 5) is 13.0. The van der Waals surface area contributed by atoms with Crippen LogP contribution in [0.15, 0.2) is 72.8 Å². The third-order valence-electron chi connectivity index (χ3n) is 8.56. The molecule has 3 aromatic carbocycles. The molecule has 0 spiro atoms. The second-order valence-electron chi connectivity index (χ2n) is 10.5. The largest absolute Gasteiger partial charge is 0.378 e. The topological polar surface area (TPSA) is 41.1 Å². The van der Waals surface area contributed by atoms with Gasteiger partial charge in [0.15, 0.2) is 0 Å². The molecule has 2 N–H and O–H groups in total. The van der Waals surface area contributed by atoms with Crippen molar-refractivity contribution in [3.8, 4) is 0 Å². The van der Waals surface area contributed by atoms with Crippen LogP contribution in [-0.4, -0.2) is 18.2 Å². The van der Waals surface area contributed by atoms with Gasteiger partial charge in [-0.25, -0.2) is 0 Å². The van der Waals surface area contributed by atoms with Crippen LogP contribution in [0.2, 0.25) is 0 Å². The summed E-state index contributed by atoms with van der Waals surface area (Å²) in [6.07, 6.45) is 4.03. The number of rotatable bonds is 7. The molecule has 0 unspecified atom stereocenters. The molecule has 1 amide bonds. The third-order valence-corrected chi connectivity index (χ3v) is 9.57. The van der Waals surface area contributed by atoms with Gasteiger partial charge in [0.1, 0.15) is 0 Å². The van der Waals surface area contributed by atoms with Crippen LogP contribution < -0.4 is 10.6 Å². The molecule has 6 rings (SSSR count). The first-order valence-electron chi connectivity index (χ1n) is 13.0. The SMILES string of the molecule is Cc1ccccc1CSCCNC(=O)c1ccc2c(c1)[C@@H]1[C@H]3CC[C@@H](C3)[C@@H]1[C@@H](c1ccccc1)N2. The number of hydrogen-bond acceptors (Lipinski definition) is 3. The summed E-state index contributed by atoms with van der Waals surface area (Å²) in [5, 5.41) is 7.04. The van der Waals surface area contributed by atoms with Gasteiger partial charge in [0.05, 0.1) is 6.04 Å². The molecule has 2 bridgehead atoms. The van der Waals surface area contributed by atoms with Crippen molar-refractivity contribution in [3.05, 3.63) is 101 Å². The lowest BCUT2D eigenvalue weighted by molar-refractivity contribution is 0.0956. The maximum absolute atomic E-state index is 13.0. The van der Waals surface area contributed by atoms with Crippen LogP contribution >= 0.6 is 11.8 Å². The summed E-state index contributed by atoms with van der Waals surface area (Å²) in [6.45, 7) is 2.85. The van der Waals surface area contributed by atoms with Gasteiger partial charge in [-0.3, -0.25) is 4.79 Å². The minimum atomic E-state index is 0.0502. The van der Waals surface area contributed by atoms with Crippen molar-refractivity contribution in [2.24, 2.45) is 17.8 Å². The number of carbonyl (C=O) groups is 1. The van der Waals surface area contributed by atoms with Crippen molar-refractivity contribution in [2.75, 3.05) is 17.6 Å². The Balaban J connectivity index is 1.14. The van der Waals surface area contributed by atoms with Crippen LogP contribution in [0, 0.1) is 24.7 Å². The molecular formula is C31H34N2OS. The van der Waals surface area contributed by atoms with E-state index >= 15 is 0 Å². The highest BCUT2D eigenvalue weighted by Gasteiger charge is 2.53. The number of benzene rings is 3. The minimum absolute atomic E-state index is 0.0502. The molecule has 2 saturated carbocycles. The van der Waals surface area contributed by atoms with Gasteiger partial charge in [0.2, 0.25) is 0 Å². The molecule has 35 heavy (non-hydrogen) atoms. The molecule has 3 aliphatic rings. The lowest BCUT2D eigenvalue weighted by Gasteiger charge is -2.43. The molecule has 1 heterocycles. The van der Waals surface area contributed by atoms with E-state index in [9.17, 15) is 4.79 Å². The number of carbonyl (C=O) groups excluding carboxylic acids is 1. The first-order chi connectivity index (χ1) is 17.2. The first-order valence-corrected chi connectivity index (χ1v) is 14.2. The van der Waals surface area contributed by atoms with Gasteiger partial charge in [-0.1, -0.05) is 54.6 Å². The van der Waals surface area contributed by atoms with Gasteiger partial charge in [0.25, 0.3) is 5.91 Å². The first kappa shape index (κ1) is 22.7. The smallest absolute Gasteiger partial charge is 0.251 e. The Morgan fingerprint density at radius 1 is 1.00 bits per heavy atom. The molecule has 2 aliphatic carbocycles. The Kier molecular flexibility index (Phi) is 6.32. The molecule has 1 aliphatic heterocycles. The Morgan fingerprint density at radius 2 is 1.80 bits per heavy atom. The Labute approximate surface area is 213 Å². The fourth-order valence-electron chi connectivity index (χ4n) is 6.91. The molecule has 3 nitrogen and oxygen atoms in total. The Bertz CT molecular complexity index is 1210. The number of amides is 1. The summed E-state index contributed by atoms with van der Waals surface area (Å²) in [7, 11) is 0. The standard InChI is InChI=1S/C31H34N2OS/c1-20-7-5-6-10-25(20)19-35-16-15-32-31(34)24-13-14-27-26(18-24)28-22-11-12-23(17-22)29(28)30(33-27)21-8-3-2-4-9-21/h2-10,13-14,18,22-23,28-30,33H,11-12,15-17,19H2,1H3,(H,32,34)/t22-,23-,28-,29-,30+/m0/s1. The molecule has 0 aromatic heterocycles. The second-order valence-corrected chi connectivity index (χ2v) is 11.6. The lowest BCUT2D eigenvalue weighted by Crippen LogP contribution is -2.35. The van der Waals surface area contributed by atoms with Crippen molar-refractivity contribution >= 4 is 23.4 Å². The molecule has 3 aromatic rings. The van der Waals surface area contributed by atoms with Gasteiger partial charge in [-0.05, 0) is 90.3 Å². The van der Waals surface area contributed by atoms with Crippen molar-refractivity contribution in [1.82, 2.24) is 5.32 Å². The van der Waals surface area contributed by atoms with Crippen molar-refractivity contribution in [2.45, 2.75) is 43.9 Å². The van der Waals surface area contributed by atoms with E-state index in [-0.39, 0.29) is 5.91 Å². The molecule has 0 radical (unpaired) electrons. The molecule has 5 atom stereocenters. The highest BCUT2D eigenvalue weighted by molar-refractivity contribution is 7.98.